The third-order valence-electron chi connectivity index (χ3n) is 2.63. The lowest BCUT2D eigenvalue weighted by Crippen LogP contribution is -2.40. The van der Waals surface area contributed by atoms with Crippen molar-refractivity contribution in [3.63, 3.8) is 0 Å². The van der Waals surface area contributed by atoms with Crippen molar-refractivity contribution in [3.05, 3.63) is 61.8 Å². The second kappa shape index (κ2) is 7.45. The maximum atomic E-state index is 11.9. The van der Waals surface area contributed by atoms with E-state index in [-0.39, 0.29) is 10.6 Å². The highest BCUT2D eigenvalue weighted by Crippen LogP contribution is 2.20. The molecule has 0 aliphatic heterocycles. The Labute approximate surface area is 141 Å². The Morgan fingerprint density at radius 3 is 2.59 bits per heavy atom. The highest BCUT2D eigenvalue weighted by Gasteiger charge is 2.11. The largest absolute Gasteiger partial charge is 0.271 e. The summed E-state index contributed by atoms with van der Waals surface area (Å²) in [6.45, 7) is 1.98. The predicted octanol–water partition coefficient (Wildman–Crippen LogP) is 3.84. The van der Waals surface area contributed by atoms with Crippen molar-refractivity contribution >= 4 is 52.4 Å². The minimum atomic E-state index is -0.541. The van der Waals surface area contributed by atoms with Crippen molar-refractivity contribution in [2.24, 2.45) is 0 Å². The molecule has 114 valence electrons. The van der Waals surface area contributed by atoms with Crippen LogP contribution in [0.3, 0.4) is 0 Å². The van der Waals surface area contributed by atoms with Gasteiger partial charge in [-0.2, -0.15) is 0 Å². The predicted molar refractivity (Wildman–Crippen MR) is 90.2 cm³/mol. The minimum Gasteiger partial charge on any atom is -0.268 e. The van der Waals surface area contributed by atoms with E-state index in [1.165, 1.54) is 18.2 Å². The van der Waals surface area contributed by atoms with Crippen LogP contribution in [0.1, 0.15) is 20.1 Å². The quantitative estimate of drug-likeness (QED) is 0.649. The second-order valence-electron chi connectivity index (χ2n) is 4.35. The van der Waals surface area contributed by atoms with E-state index in [0.29, 0.717) is 5.02 Å². The van der Waals surface area contributed by atoms with Gasteiger partial charge < -0.3 is 0 Å². The van der Waals surface area contributed by atoms with Crippen LogP contribution in [0.4, 0.5) is 0 Å². The van der Waals surface area contributed by atoms with Gasteiger partial charge in [0.1, 0.15) is 0 Å². The molecule has 1 aromatic carbocycles. The number of hydrogen-bond acceptors (Lipinski definition) is 3. The van der Waals surface area contributed by atoms with Crippen LogP contribution in [0, 0.1) is 6.92 Å². The van der Waals surface area contributed by atoms with E-state index in [9.17, 15) is 9.59 Å². The van der Waals surface area contributed by atoms with E-state index in [2.05, 4.69) is 10.9 Å². The van der Waals surface area contributed by atoms with E-state index in [1.54, 1.807) is 23.5 Å². The van der Waals surface area contributed by atoms with E-state index in [1.807, 2.05) is 19.1 Å². The van der Waals surface area contributed by atoms with Crippen LogP contribution in [0.15, 0.2) is 36.4 Å². The molecule has 0 unspecified atom stereocenters. The number of hydrazine groups is 1. The highest BCUT2D eigenvalue weighted by atomic mass is 35.5. The Morgan fingerprint density at radius 2 is 1.91 bits per heavy atom. The summed E-state index contributed by atoms with van der Waals surface area (Å²) in [6, 6.07) is 8.39. The van der Waals surface area contributed by atoms with Crippen molar-refractivity contribution in [3.8, 4) is 0 Å². The number of halogens is 2. The normalized spacial score (nSPS) is 10.7. The van der Waals surface area contributed by atoms with Gasteiger partial charge in [0.2, 0.25) is 0 Å². The number of nitrogens with one attached hydrogen (secondary N) is 2. The van der Waals surface area contributed by atoms with Crippen molar-refractivity contribution in [1.82, 2.24) is 10.9 Å². The van der Waals surface area contributed by atoms with Crippen LogP contribution in [0.2, 0.25) is 10.0 Å². The number of benzene rings is 1. The van der Waals surface area contributed by atoms with Crippen LogP contribution < -0.4 is 10.9 Å². The van der Waals surface area contributed by atoms with Crippen molar-refractivity contribution in [2.45, 2.75) is 6.92 Å². The molecule has 0 saturated carbocycles. The van der Waals surface area contributed by atoms with Gasteiger partial charge in [-0.1, -0.05) is 23.2 Å². The lowest BCUT2D eigenvalue weighted by atomic mass is 10.2. The number of carbonyl (C=O) groups is 2. The Bertz CT molecular complexity index is 741. The molecule has 2 amide bonds. The summed E-state index contributed by atoms with van der Waals surface area (Å²) in [6.07, 6.45) is 3.01. The Kier molecular flexibility index (Phi) is 5.60. The fourth-order valence-electron chi connectivity index (χ4n) is 1.60. The lowest BCUT2D eigenvalue weighted by molar-refractivity contribution is -0.117. The van der Waals surface area contributed by atoms with Crippen LogP contribution in [-0.4, -0.2) is 11.8 Å². The van der Waals surface area contributed by atoms with Crippen molar-refractivity contribution in [2.75, 3.05) is 0 Å². The monoisotopic (exact) mass is 354 g/mol. The highest BCUT2D eigenvalue weighted by molar-refractivity contribution is 7.12. The first-order valence-electron chi connectivity index (χ1n) is 6.25. The molecule has 0 aliphatic carbocycles. The van der Waals surface area contributed by atoms with Crippen molar-refractivity contribution < 1.29 is 9.59 Å². The van der Waals surface area contributed by atoms with Gasteiger partial charge >= 0.3 is 0 Å². The molecule has 2 N–H and O–H groups in total. The van der Waals surface area contributed by atoms with Crippen LogP contribution in [-0.2, 0) is 4.79 Å². The second-order valence-corrected chi connectivity index (χ2v) is 6.51. The molecule has 0 radical (unpaired) electrons. The maximum Gasteiger partial charge on any atom is 0.271 e. The van der Waals surface area contributed by atoms with Gasteiger partial charge in [-0.3, -0.25) is 20.4 Å². The molecule has 0 bridgehead atoms. The van der Waals surface area contributed by atoms with Gasteiger partial charge in [0.05, 0.1) is 10.6 Å². The zero-order valence-corrected chi connectivity index (χ0v) is 13.9. The van der Waals surface area contributed by atoms with Gasteiger partial charge in [0, 0.05) is 20.9 Å². The number of aryl methyl sites for hydroxylation is 1. The summed E-state index contributed by atoms with van der Waals surface area (Å²) in [5.41, 5.74) is 4.75. The summed E-state index contributed by atoms with van der Waals surface area (Å²) in [7, 11) is 0. The third kappa shape index (κ3) is 4.59. The molecule has 7 heteroatoms. The van der Waals surface area contributed by atoms with Gasteiger partial charge in [-0.05, 0) is 43.3 Å². The fraction of sp³-hybridized carbons (Fsp3) is 0.0667. The van der Waals surface area contributed by atoms with Gasteiger partial charge in [0.15, 0.2) is 0 Å². The molecule has 4 nitrogen and oxygen atoms in total. The molecule has 1 heterocycles. The summed E-state index contributed by atoms with van der Waals surface area (Å²) in [5.74, 6) is -0.987. The molecular formula is C15H12Cl2N2O2S. The minimum absolute atomic E-state index is 0.187. The zero-order valence-electron chi connectivity index (χ0n) is 11.5. The number of amides is 2. The van der Waals surface area contributed by atoms with Crippen molar-refractivity contribution in [1.29, 1.82) is 0 Å². The van der Waals surface area contributed by atoms with Gasteiger partial charge in [0.25, 0.3) is 11.8 Å². The van der Waals surface area contributed by atoms with E-state index in [4.69, 9.17) is 23.2 Å². The first kappa shape index (κ1) is 16.5. The van der Waals surface area contributed by atoms with Gasteiger partial charge in [-0.15, -0.1) is 11.3 Å². The van der Waals surface area contributed by atoms with E-state index >= 15 is 0 Å². The molecule has 0 spiro atoms. The average molecular weight is 355 g/mol. The van der Waals surface area contributed by atoms with E-state index in [0.717, 1.165) is 9.75 Å². The smallest absolute Gasteiger partial charge is 0.268 e. The SMILES string of the molecule is Cc1ccc(/C=C/C(=O)NNC(=O)c2cc(Cl)ccc2Cl)s1. The molecule has 0 fully saturated rings. The molecule has 22 heavy (non-hydrogen) atoms. The fourth-order valence-corrected chi connectivity index (χ4v) is 2.76. The number of hydrogen-bond donors (Lipinski definition) is 2. The first-order valence-corrected chi connectivity index (χ1v) is 7.83. The van der Waals surface area contributed by atoms with Crippen LogP contribution >= 0.6 is 34.5 Å². The maximum absolute atomic E-state index is 11.9. The molecule has 0 aliphatic rings. The molecule has 0 atom stereocenters. The Hall–Kier alpha value is -1.82. The summed E-state index contributed by atoms with van der Waals surface area (Å²) in [5, 5.41) is 0.634. The van der Waals surface area contributed by atoms with Crippen LogP contribution in [0.25, 0.3) is 6.08 Å². The molecule has 2 rings (SSSR count). The van der Waals surface area contributed by atoms with E-state index < -0.39 is 11.8 Å². The standard InChI is InChI=1S/C15H12Cl2N2O2S/c1-9-2-4-11(22-9)5-7-14(20)18-19-15(21)12-8-10(16)3-6-13(12)17/h2-8H,1H3,(H,18,20)(H,19,21)/b7-5+. The average Bonchev–Trinajstić information content (AvgIpc) is 2.90. The summed E-state index contributed by atoms with van der Waals surface area (Å²) in [4.78, 5) is 25.7. The first-order chi connectivity index (χ1) is 10.5. The molecular weight excluding hydrogens is 343 g/mol. The lowest BCUT2D eigenvalue weighted by Gasteiger charge is -2.07. The Balaban J connectivity index is 1.92. The topological polar surface area (TPSA) is 58.2 Å². The third-order valence-corrected chi connectivity index (χ3v) is 4.16. The van der Waals surface area contributed by atoms with Gasteiger partial charge in [-0.25, -0.2) is 0 Å². The Morgan fingerprint density at radius 1 is 1.14 bits per heavy atom. The zero-order chi connectivity index (χ0) is 16.1. The molecule has 0 saturated heterocycles. The summed E-state index contributed by atoms with van der Waals surface area (Å²) >= 11 is 13.3. The molecule has 1 aromatic heterocycles. The molecule has 2 aromatic rings. The summed E-state index contributed by atoms with van der Waals surface area (Å²) < 4.78 is 0. The number of rotatable bonds is 3. The number of thiophene rings is 1. The van der Waals surface area contributed by atoms with Crippen LogP contribution in [0.5, 0.6) is 0 Å². The number of carbonyl (C=O) groups excluding carboxylic acids is 2.